The average molecular weight is 317 g/mol. The van der Waals surface area contributed by atoms with Gasteiger partial charge in [0.2, 0.25) is 0 Å². The fourth-order valence-corrected chi connectivity index (χ4v) is 3.13. The van der Waals surface area contributed by atoms with Crippen LogP contribution in [0.3, 0.4) is 0 Å². The molecule has 0 aromatic heterocycles. The molecule has 0 unspecified atom stereocenters. The second-order valence-corrected chi connectivity index (χ2v) is 6.85. The van der Waals surface area contributed by atoms with Crippen LogP contribution in [0.1, 0.15) is 12.5 Å². The Kier molecular flexibility index (Phi) is 5.11. The molecular formula is C17H19NO3S. The van der Waals surface area contributed by atoms with Crippen molar-refractivity contribution in [1.82, 2.24) is 0 Å². The Hall–Kier alpha value is -1.98. The van der Waals surface area contributed by atoms with Crippen LogP contribution in [0, 0.1) is 6.92 Å². The molecule has 116 valence electrons. The quantitative estimate of drug-likeness (QED) is 0.890. The number of hydrogen-bond donors (Lipinski definition) is 2. The number of hydrogen-bond acceptors (Lipinski definition) is 3. The molecule has 0 fully saturated rings. The van der Waals surface area contributed by atoms with Gasteiger partial charge in [-0.15, -0.1) is 0 Å². The highest BCUT2D eigenvalue weighted by molar-refractivity contribution is 7.85. The maximum Gasteiger partial charge on any atom is 0.257 e. The normalized spacial score (nSPS) is 14.9. The van der Waals surface area contributed by atoms with Crippen molar-refractivity contribution in [2.24, 2.45) is 0 Å². The summed E-state index contributed by atoms with van der Waals surface area (Å²) in [6.45, 7) is 3.31. The number of aliphatic hydroxyl groups is 1. The van der Waals surface area contributed by atoms with Gasteiger partial charge in [-0.2, -0.15) is 0 Å². The average Bonchev–Trinajstić information content (AvgIpc) is 2.48. The van der Waals surface area contributed by atoms with Gasteiger partial charge in [-0.1, -0.05) is 35.9 Å². The van der Waals surface area contributed by atoms with Crippen molar-refractivity contribution in [3.8, 4) is 0 Å². The topological polar surface area (TPSA) is 66.4 Å². The standard InChI is InChI=1S/C17H19NO3S/c1-13-8-10-15(11-9-13)22(21)12-17(2,20)16(19)18-14-6-4-3-5-7-14/h3-11,20H,12H2,1-2H3,(H,18,19)/t17-,22+/m1/s1. The molecule has 0 aliphatic heterocycles. The van der Waals surface area contributed by atoms with Gasteiger partial charge in [-0.05, 0) is 38.1 Å². The van der Waals surface area contributed by atoms with Crippen molar-refractivity contribution in [2.45, 2.75) is 24.3 Å². The highest BCUT2D eigenvalue weighted by Gasteiger charge is 2.33. The van der Waals surface area contributed by atoms with E-state index in [9.17, 15) is 14.1 Å². The predicted molar refractivity (Wildman–Crippen MR) is 88.1 cm³/mol. The minimum Gasteiger partial charge on any atom is -0.379 e. The van der Waals surface area contributed by atoms with Gasteiger partial charge in [-0.25, -0.2) is 0 Å². The summed E-state index contributed by atoms with van der Waals surface area (Å²) < 4.78 is 12.3. The lowest BCUT2D eigenvalue weighted by Gasteiger charge is -2.21. The summed E-state index contributed by atoms with van der Waals surface area (Å²) in [5.74, 6) is -0.728. The number of carbonyl (C=O) groups excluding carboxylic acids is 1. The first-order chi connectivity index (χ1) is 10.4. The SMILES string of the molecule is Cc1ccc([S@@](=O)C[C@@](C)(O)C(=O)Nc2ccccc2)cc1. The van der Waals surface area contributed by atoms with Gasteiger partial charge in [0.15, 0.2) is 5.60 Å². The van der Waals surface area contributed by atoms with E-state index in [0.717, 1.165) is 5.56 Å². The molecule has 0 aliphatic carbocycles. The molecule has 0 bridgehead atoms. The summed E-state index contributed by atoms with van der Waals surface area (Å²) in [5.41, 5.74) is -0.0609. The maximum absolute atomic E-state index is 12.3. The molecule has 1 amide bonds. The lowest BCUT2D eigenvalue weighted by atomic mass is 10.1. The summed E-state index contributed by atoms with van der Waals surface area (Å²) in [6, 6.07) is 16.1. The van der Waals surface area contributed by atoms with E-state index in [1.165, 1.54) is 6.92 Å². The Bertz CT molecular complexity index is 666. The highest BCUT2D eigenvalue weighted by Crippen LogP contribution is 2.16. The lowest BCUT2D eigenvalue weighted by Crippen LogP contribution is -2.44. The molecule has 0 aliphatic rings. The van der Waals surface area contributed by atoms with E-state index >= 15 is 0 Å². The summed E-state index contributed by atoms with van der Waals surface area (Å²) in [4.78, 5) is 12.8. The van der Waals surface area contributed by atoms with E-state index < -0.39 is 22.3 Å². The molecule has 2 N–H and O–H groups in total. The summed E-state index contributed by atoms with van der Waals surface area (Å²) in [6.07, 6.45) is 0. The first-order valence-electron chi connectivity index (χ1n) is 6.92. The summed E-state index contributed by atoms with van der Waals surface area (Å²) >= 11 is 0. The number of nitrogens with one attached hydrogen (secondary N) is 1. The fraction of sp³-hybridized carbons (Fsp3) is 0.235. The zero-order valence-corrected chi connectivity index (χ0v) is 13.4. The summed E-state index contributed by atoms with van der Waals surface area (Å²) in [5, 5.41) is 13.0. The molecule has 2 atom stereocenters. The van der Waals surface area contributed by atoms with Crippen LogP contribution in [0.5, 0.6) is 0 Å². The molecular weight excluding hydrogens is 298 g/mol. The van der Waals surface area contributed by atoms with E-state index in [1.54, 1.807) is 36.4 Å². The van der Waals surface area contributed by atoms with Gasteiger partial charge < -0.3 is 10.4 Å². The first-order valence-corrected chi connectivity index (χ1v) is 8.24. The maximum atomic E-state index is 12.3. The molecule has 0 heterocycles. The molecule has 2 rings (SSSR count). The number of carbonyl (C=O) groups is 1. The minimum absolute atomic E-state index is 0.158. The second-order valence-electron chi connectivity index (χ2n) is 5.40. The van der Waals surface area contributed by atoms with Crippen molar-refractivity contribution < 1.29 is 14.1 Å². The Labute approximate surface area is 132 Å². The third-order valence-electron chi connectivity index (χ3n) is 3.22. The van der Waals surface area contributed by atoms with Crippen LogP contribution in [0.25, 0.3) is 0 Å². The molecule has 2 aromatic rings. The van der Waals surface area contributed by atoms with E-state index in [1.807, 2.05) is 25.1 Å². The van der Waals surface area contributed by atoms with Crippen molar-refractivity contribution in [1.29, 1.82) is 0 Å². The predicted octanol–water partition coefficient (Wildman–Crippen LogP) is 2.49. The van der Waals surface area contributed by atoms with Crippen molar-refractivity contribution >= 4 is 22.4 Å². The van der Waals surface area contributed by atoms with Crippen molar-refractivity contribution in [3.05, 3.63) is 60.2 Å². The minimum atomic E-state index is -1.72. The molecule has 4 nitrogen and oxygen atoms in total. The third kappa shape index (κ3) is 4.26. The Morgan fingerprint density at radius 3 is 2.32 bits per heavy atom. The van der Waals surface area contributed by atoms with Crippen LogP contribution in [-0.4, -0.2) is 26.6 Å². The highest BCUT2D eigenvalue weighted by atomic mass is 32.2. The van der Waals surface area contributed by atoms with E-state index in [4.69, 9.17) is 0 Å². The Morgan fingerprint density at radius 1 is 1.14 bits per heavy atom. The Morgan fingerprint density at radius 2 is 1.73 bits per heavy atom. The number of aryl methyl sites for hydroxylation is 1. The molecule has 0 saturated carbocycles. The lowest BCUT2D eigenvalue weighted by molar-refractivity contribution is -0.130. The number of para-hydroxylation sites is 1. The van der Waals surface area contributed by atoms with Crippen LogP contribution in [-0.2, 0) is 15.6 Å². The first kappa shape index (κ1) is 16.4. The van der Waals surface area contributed by atoms with Crippen LogP contribution >= 0.6 is 0 Å². The van der Waals surface area contributed by atoms with Gasteiger partial charge in [-0.3, -0.25) is 9.00 Å². The molecule has 22 heavy (non-hydrogen) atoms. The Balaban J connectivity index is 2.04. The van der Waals surface area contributed by atoms with Crippen molar-refractivity contribution in [2.75, 3.05) is 11.1 Å². The van der Waals surface area contributed by atoms with E-state index in [-0.39, 0.29) is 5.75 Å². The summed E-state index contributed by atoms with van der Waals surface area (Å²) in [7, 11) is -1.45. The number of benzene rings is 2. The van der Waals surface area contributed by atoms with Gasteiger partial charge in [0, 0.05) is 10.6 Å². The molecule has 0 spiro atoms. The van der Waals surface area contributed by atoms with E-state index in [2.05, 4.69) is 5.32 Å². The zero-order valence-electron chi connectivity index (χ0n) is 12.6. The van der Waals surface area contributed by atoms with Crippen LogP contribution in [0.15, 0.2) is 59.5 Å². The second kappa shape index (κ2) is 6.85. The molecule has 0 radical (unpaired) electrons. The van der Waals surface area contributed by atoms with Gasteiger partial charge in [0.25, 0.3) is 5.91 Å². The molecule has 2 aromatic carbocycles. The molecule has 0 saturated heterocycles. The van der Waals surface area contributed by atoms with Crippen LogP contribution in [0.2, 0.25) is 0 Å². The van der Waals surface area contributed by atoms with Gasteiger partial charge in [0.1, 0.15) is 0 Å². The van der Waals surface area contributed by atoms with Crippen LogP contribution in [0.4, 0.5) is 5.69 Å². The smallest absolute Gasteiger partial charge is 0.257 e. The molecule has 5 heteroatoms. The fourth-order valence-electron chi connectivity index (χ4n) is 1.88. The monoisotopic (exact) mass is 317 g/mol. The third-order valence-corrected chi connectivity index (χ3v) is 4.84. The van der Waals surface area contributed by atoms with Crippen LogP contribution < -0.4 is 5.32 Å². The van der Waals surface area contributed by atoms with E-state index in [0.29, 0.717) is 10.6 Å². The van der Waals surface area contributed by atoms with Gasteiger partial charge >= 0.3 is 0 Å². The number of anilines is 1. The van der Waals surface area contributed by atoms with Gasteiger partial charge in [0.05, 0.1) is 16.6 Å². The van der Waals surface area contributed by atoms with Crippen molar-refractivity contribution in [3.63, 3.8) is 0 Å². The zero-order chi connectivity index (χ0) is 16.2. The largest absolute Gasteiger partial charge is 0.379 e. The number of rotatable bonds is 5. The number of amides is 1.